The van der Waals surface area contributed by atoms with Gasteiger partial charge in [-0.2, -0.15) is 0 Å². The van der Waals surface area contributed by atoms with Crippen LogP contribution in [0.2, 0.25) is 0 Å². The van der Waals surface area contributed by atoms with Crippen LogP contribution in [0.1, 0.15) is 44.0 Å². The number of H-pyrrole nitrogens is 1. The molecule has 4 nitrogen and oxygen atoms in total. The van der Waals surface area contributed by atoms with Gasteiger partial charge < -0.3 is 15.0 Å². The van der Waals surface area contributed by atoms with Gasteiger partial charge in [0.15, 0.2) is 0 Å². The van der Waals surface area contributed by atoms with Crippen molar-refractivity contribution in [2.75, 3.05) is 7.11 Å². The standard InChI is InChI=1S/C16H21N3O/c1-20-11-6-7-13-14(9-11)19-16(18-13)15-8-10-4-2-3-5-12(10)17-15/h6-7,9-10,12,15,17H,2-5,8H2,1H3,(H,18,19). The van der Waals surface area contributed by atoms with E-state index in [-0.39, 0.29) is 0 Å². The fourth-order valence-electron chi connectivity index (χ4n) is 3.83. The minimum Gasteiger partial charge on any atom is -0.497 e. The van der Waals surface area contributed by atoms with Crippen LogP contribution in [0.25, 0.3) is 11.0 Å². The molecule has 2 aromatic rings. The summed E-state index contributed by atoms with van der Waals surface area (Å²) < 4.78 is 5.27. The average Bonchev–Trinajstić information content (AvgIpc) is 3.09. The second-order valence-electron chi connectivity index (χ2n) is 6.11. The number of fused-ring (bicyclic) bond motifs is 2. The Bertz CT molecular complexity index is 607. The van der Waals surface area contributed by atoms with E-state index in [0.717, 1.165) is 28.5 Å². The molecule has 1 saturated heterocycles. The lowest BCUT2D eigenvalue weighted by molar-refractivity contribution is 0.325. The first-order valence-electron chi connectivity index (χ1n) is 7.63. The summed E-state index contributed by atoms with van der Waals surface area (Å²) in [6.45, 7) is 0. The first-order chi connectivity index (χ1) is 9.83. The van der Waals surface area contributed by atoms with Gasteiger partial charge in [-0.3, -0.25) is 0 Å². The Morgan fingerprint density at radius 3 is 3.00 bits per heavy atom. The maximum absolute atomic E-state index is 5.27. The highest BCUT2D eigenvalue weighted by Crippen LogP contribution is 2.38. The zero-order valence-electron chi connectivity index (χ0n) is 11.9. The number of aromatic nitrogens is 2. The molecule has 1 saturated carbocycles. The van der Waals surface area contributed by atoms with E-state index in [1.54, 1.807) is 7.11 Å². The zero-order chi connectivity index (χ0) is 13.5. The second-order valence-corrected chi connectivity index (χ2v) is 6.11. The van der Waals surface area contributed by atoms with Gasteiger partial charge >= 0.3 is 0 Å². The third-order valence-corrected chi connectivity index (χ3v) is 4.90. The van der Waals surface area contributed by atoms with Gasteiger partial charge in [0.2, 0.25) is 0 Å². The third-order valence-electron chi connectivity index (χ3n) is 4.90. The maximum Gasteiger partial charge on any atom is 0.124 e. The zero-order valence-corrected chi connectivity index (χ0v) is 11.9. The van der Waals surface area contributed by atoms with Crippen LogP contribution in [0.3, 0.4) is 0 Å². The fourth-order valence-corrected chi connectivity index (χ4v) is 3.83. The number of nitrogens with zero attached hydrogens (tertiary/aromatic N) is 1. The second kappa shape index (κ2) is 4.77. The van der Waals surface area contributed by atoms with Gasteiger partial charge in [0.05, 0.1) is 24.2 Å². The van der Waals surface area contributed by atoms with Gasteiger partial charge in [-0.25, -0.2) is 4.98 Å². The first-order valence-corrected chi connectivity index (χ1v) is 7.63. The SMILES string of the molecule is COc1ccc2nc(C3CC4CCCCC4N3)[nH]c2c1. The molecule has 0 bridgehead atoms. The van der Waals surface area contributed by atoms with Crippen molar-refractivity contribution >= 4 is 11.0 Å². The normalized spacial score (nSPS) is 29.6. The van der Waals surface area contributed by atoms with Crippen molar-refractivity contribution < 1.29 is 4.74 Å². The van der Waals surface area contributed by atoms with E-state index in [9.17, 15) is 0 Å². The van der Waals surface area contributed by atoms with E-state index >= 15 is 0 Å². The van der Waals surface area contributed by atoms with E-state index in [2.05, 4.69) is 10.3 Å². The Balaban J connectivity index is 1.62. The molecular weight excluding hydrogens is 250 g/mol. The number of hydrogen-bond donors (Lipinski definition) is 2. The lowest BCUT2D eigenvalue weighted by Crippen LogP contribution is -2.30. The Morgan fingerprint density at radius 1 is 1.25 bits per heavy atom. The molecule has 2 fully saturated rings. The van der Waals surface area contributed by atoms with E-state index in [4.69, 9.17) is 9.72 Å². The Hall–Kier alpha value is -1.55. The molecule has 20 heavy (non-hydrogen) atoms. The van der Waals surface area contributed by atoms with E-state index < -0.39 is 0 Å². The Morgan fingerprint density at radius 2 is 2.15 bits per heavy atom. The van der Waals surface area contributed by atoms with Crippen LogP contribution < -0.4 is 10.1 Å². The molecule has 0 spiro atoms. The monoisotopic (exact) mass is 271 g/mol. The summed E-state index contributed by atoms with van der Waals surface area (Å²) in [5.41, 5.74) is 2.09. The molecule has 4 rings (SSSR count). The summed E-state index contributed by atoms with van der Waals surface area (Å²) >= 11 is 0. The first kappa shape index (κ1) is 12.2. The van der Waals surface area contributed by atoms with Crippen LogP contribution in [-0.4, -0.2) is 23.1 Å². The minimum absolute atomic E-state index is 0.390. The van der Waals surface area contributed by atoms with Crippen LogP contribution in [0.5, 0.6) is 5.75 Å². The van der Waals surface area contributed by atoms with E-state index in [1.165, 1.54) is 32.1 Å². The van der Waals surface area contributed by atoms with Gasteiger partial charge in [-0.1, -0.05) is 12.8 Å². The molecule has 3 unspecified atom stereocenters. The summed E-state index contributed by atoms with van der Waals surface area (Å²) in [4.78, 5) is 8.22. The topological polar surface area (TPSA) is 49.9 Å². The van der Waals surface area contributed by atoms with Gasteiger partial charge in [-0.15, -0.1) is 0 Å². The summed E-state index contributed by atoms with van der Waals surface area (Å²) in [5, 5.41) is 3.77. The van der Waals surface area contributed by atoms with Gasteiger partial charge in [0, 0.05) is 12.1 Å². The van der Waals surface area contributed by atoms with Crippen molar-refractivity contribution in [2.45, 2.75) is 44.2 Å². The molecule has 1 aromatic heterocycles. The minimum atomic E-state index is 0.390. The number of ether oxygens (including phenoxy) is 1. The summed E-state index contributed by atoms with van der Waals surface area (Å²) in [6, 6.07) is 7.11. The van der Waals surface area contributed by atoms with Crippen molar-refractivity contribution in [1.29, 1.82) is 0 Å². The quantitative estimate of drug-likeness (QED) is 0.882. The Kier molecular flexibility index (Phi) is 2.91. The molecule has 2 aliphatic rings. The largest absolute Gasteiger partial charge is 0.497 e. The lowest BCUT2D eigenvalue weighted by Gasteiger charge is -2.24. The number of benzene rings is 1. The number of rotatable bonds is 2. The Labute approximate surface area is 118 Å². The predicted octanol–water partition coefficient (Wildman–Crippen LogP) is 3.16. The summed E-state index contributed by atoms with van der Waals surface area (Å²) in [5.74, 6) is 2.81. The number of aromatic amines is 1. The number of imidazole rings is 1. The smallest absolute Gasteiger partial charge is 0.124 e. The van der Waals surface area contributed by atoms with Gasteiger partial charge in [-0.05, 0) is 37.3 Å². The molecular formula is C16H21N3O. The molecule has 0 amide bonds. The third kappa shape index (κ3) is 1.99. The van der Waals surface area contributed by atoms with Crippen molar-refractivity contribution in [3.05, 3.63) is 24.0 Å². The molecule has 1 aliphatic carbocycles. The number of nitrogens with one attached hydrogen (secondary N) is 2. The van der Waals surface area contributed by atoms with Crippen LogP contribution in [0.15, 0.2) is 18.2 Å². The van der Waals surface area contributed by atoms with Crippen LogP contribution in [-0.2, 0) is 0 Å². The average molecular weight is 271 g/mol. The van der Waals surface area contributed by atoms with Crippen LogP contribution >= 0.6 is 0 Å². The molecule has 2 N–H and O–H groups in total. The van der Waals surface area contributed by atoms with Gasteiger partial charge in [0.25, 0.3) is 0 Å². The van der Waals surface area contributed by atoms with Crippen molar-refractivity contribution in [2.24, 2.45) is 5.92 Å². The highest BCUT2D eigenvalue weighted by atomic mass is 16.5. The predicted molar refractivity (Wildman–Crippen MR) is 78.9 cm³/mol. The molecule has 106 valence electrons. The highest BCUT2D eigenvalue weighted by Gasteiger charge is 2.36. The molecule has 1 aliphatic heterocycles. The highest BCUT2D eigenvalue weighted by molar-refractivity contribution is 5.76. The molecule has 3 atom stereocenters. The number of hydrogen-bond acceptors (Lipinski definition) is 3. The van der Waals surface area contributed by atoms with Crippen LogP contribution in [0.4, 0.5) is 0 Å². The molecule has 0 radical (unpaired) electrons. The summed E-state index contributed by atoms with van der Waals surface area (Å²) in [6.07, 6.45) is 6.70. The lowest BCUT2D eigenvalue weighted by atomic mass is 9.85. The van der Waals surface area contributed by atoms with Gasteiger partial charge in [0.1, 0.15) is 11.6 Å². The van der Waals surface area contributed by atoms with E-state index in [1.807, 2.05) is 18.2 Å². The van der Waals surface area contributed by atoms with Crippen molar-refractivity contribution in [3.8, 4) is 5.75 Å². The molecule has 2 heterocycles. The molecule has 4 heteroatoms. The van der Waals surface area contributed by atoms with E-state index in [0.29, 0.717) is 12.1 Å². The number of methoxy groups -OCH3 is 1. The maximum atomic E-state index is 5.27. The molecule has 1 aromatic carbocycles. The van der Waals surface area contributed by atoms with Crippen LogP contribution in [0, 0.1) is 5.92 Å². The summed E-state index contributed by atoms with van der Waals surface area (Å²) in [7, 11) is 1.70. The fraction of sp³-hybridized carbons (Fsp3) is 0.562. The van der Waals surface area contributed by atoms with Crippen molar-refractivity contribution in [1.82, 2.24) is 15.3 Å². The van der Waals surface area contributed by atoms with Crippen molar-refractivity contribution in [3.63, 3.8) is 0 Å².